The van der Waals surface area contributed by atoms with E-state index in [1.165, 1.54) is 23.8 Å². The molecule has 4 nitrogen and oxygen atoms in total. The minimum absolute atomic E-state index is 0.119. The Kier molecular flexibility index (Phi) is 3.22. The van der Waals surface area contributed by atoms with E-state index in [0.717, 1.165) is 23.9 Å². The summed E-state index contributed by atoms with van der Waals surface area (Å²) in [6.07, 6.45) is 4.05. The predicted octanol–water partition coefficient (Wildman–Crippen LogP) is 3.20. The molecule has 1 aromatic heterocycles. The molecular weight excluding hydrogens is 288 g/mol. The molecule has 0 radical (unpaired) electrons. The molecule has 0 fully saturated rings. The smallest absolute Gasteiger partial charge is 0.335 e. The second-order valence-corrected chi connectivity index (χ2v) is 6.63. The van der Waals surface area contributed by atoms with E-state index < -0.39 is 0 Å². The third-order valence-electron chi connectivity index (χ3n) is 5.57. The van der Waals surface area contributed by atoms with Gasteiger partial charge in [0.1, 0.15) is 0 Å². The maximum absolute atomic E-state index is 12.4. The Bertz CT molecular complexity index is 805. The normalized spacial score (nSPS) is 26.0. The van der Waals surface area contributed by atoms with Crippen LogP contribution in [0.3, 0.4) is 0 Å². The number of H-pyrrole nitrogens is 1. The summed E-state index contributed by atoms with van der Waals surface area (Å²) in [5, 5.41) is 1.24. The van der Waals surface area contributed by atoms with Gasteiger partial charge in [0.2, 0.25) is 0 Å². The van der Waals surface area contributed by atoms with Crippen LogP contribution in [-0.2, 0) is 16.0 Å². The van der Waals surface area contributed by atoms with Gasteiger partial charge in [-0.2, -0.15) is 0 Å². The van der Waals surface area contributed by atoms with Crippen LogP contribution < -0.4 is 0 Å². The Labute approximate surface area is 136 Å². The number of carbonyl (C=O) groups is 1. The van der Waals surface area contributed by atoms with Crippen molar-refractivity contribution < 1.29 is 9.53 Å². The highest BCUT2D eigenvalue weighted by Gasteiger charge is 2.45. The number of carbonyl (C=O) groups excluding carboxylic acids is 1. The Morgan fingerprint density at radius 3 is 2.91 bits per heavy atom. The zero-order chi connectivity index (χ0) is 16.1. The first-order valence-corrected chi connectivity index (χ1v) is 8.27. The first kappa shape index (κ1) is 14.4. The third-order valence-corrected chi connectivity index (χ3v) is 5.57. The number of aromatic amines is 1. The molecule has 0 saturated heterocycles. The minimum atomic E-state index is -0.211. The molecule has 1 aromatic carbocycles. The lowest BCUT2D eigenvalue weighted by atomic mass is 9.67. The van der Waals surface area contributed by atoms with Crippen LogP contribution in [-0.4, -0.2) is 36.1 Å². The molecule has 1 aliphatic carbocycles. The number of hydrogen-bond acceptors (Lipinski definition) is 3. The summed E-state index contributed by atoms with van der Waals surface area (Å²) in [5.74, 6) is 0.344. The SMILES string of the molecule is CCC1[C@H]2Cc3[nH]c4ccccc4c3[C@@H]1C(C(=O)OC)=CN2C. The van der Waals surface area contributed by atoms with Gasteiger partial charge in [-0.3, -0.25) is 0 Å². The number of methoxy groups -OCH3 is 1. The Morgan fingerprint density at radius 2 is 2.17 bits per heavy atom. The Hall–Kier alpha value is -2.23. The van der Waals surface area contributed by atoms with E-state index in [2.05, 4.69) is 48.1 Å². The van der Waals surface area contributed by atoms with Crippen LogP contribution in [0.2, 0.25) is 0 Å². The fraction of sp³-hybridized carbons (Fsp3) is 0.421. The summed E-state index contributed by atoms with van der Waals surface area (Å²) >= 11 is 0. The van der Waals surface area contributed by atoms with E-state index in [0.29, 0.717) is 12.0 Å². The second kappa shape index (κ2) is 5.15. The Morgan fingerprint density at radius 1 is 1.39 bits per heavy atom. The van der Waals surface area contributed by atoms with Crippen molar-refractivity contribution in [1.82, 2.24) is 9.88 Å². The molecule has 3 atom stereocenters. The molecule has 1 aliphatic heterocycles. The van der Waals surface area contributed by atoms with Gasteiger partial charge in [-0.05, 0) is 17.5 Å². The number of nitrogens with zero attached hydrogens (tertiary/aromatic N) is 1. The summed E-state index contributed by atoms with van der Waals surface area (Å²) in [6.45, 7) is 2.22. The lowest BCUT2D eigenvalue weighted by molar-refractivity contribution is -0.137. The molecule has 4 rings (SSSR count). The van der Waals surface area contributed by atoms with Gasteiger partial charge in [-0.1, -0.05) is 31.5 Å². The number of esters is 1. The van der Waals surface area contributed by atoms with Crippen LogP contribution in [0.5, 0.6) is 0 Å². The van der Waals surface area contributed by atoms with Crippen LogP contribution in [0.4, 0.5) is 0 Å². The molecule has 2 aromatic rings. The van der Waals surface area contributed by atoms with Gasteiger partial charge in [0.25, 0.3) is 0 Å². The number of fused-ring (bicyclic) bond motifs is 6. The maximum Gasteiger partial charge on any atom is 0.335 e. The van der Waals surface area contributed by atoms with Crippen LogP contribution in [0.15, 0.2) is 36.0 Å². The number of para-hydroxylation sites is 1. The van der Waals surface area contributed by atoms with Gasteiger partial charge >= 0.3 is 5.97 Å². The summed E-state index contributed by atoms with van der Waals surface area (Å²) in [6, 6.07) is 8.82. The van der Waals surface area contributed by atoms with E-state index in [1.807, 2.05) is 6.20 Å². The van der Waals surface area contributed by atoms with Crippen molar-refractivity contribution in [3.63, 3.8) is 0 Å². The van der Waals surface area contributed by atoms with Crippen molar-refractivity contribution in [1.29, 1.82) is 0 Å². The maximum atomic E-state index is 12.4. The number of benzene rings is 1. The number of likely N-dealkylation sites (N-methyl/N-ethyl adjacent to an activating group) is 1. The van der Waals surface area contributed by atoms with Crippen molar-refractivity contribution in [2.75, 3.05) is 14.2 Å². The van der Waals surface area contributed by atoms with Crippen molar-refractivity contribution in [2.45, 2.75) is 31.7 Å². The number of aromatic nitrogens is 1. The minimum Gasteiger partial charge on any atom is -0.466 e. The highest BCUT2D eigenvalue weighted by atomic mass is 16.5. The third kappa shape index (κ3) is 1.94. The lowest BCUT2D eigenvalue weighted by Crippen LogP contribution is -2.47. The summed E-state index contributed by atoms with van der Waals surface area (Å²) in [4.78, 5) is 18.2. The van der Waals surface area contributed by atoms with E-state index in [1.54, 1.807) is 0 Å². The fourth-order valence-corrected chi connectivity index (χ4v) is 4.57. The number of rotatable bonds is 2. The van der Waals surface area contributed by atoms with Gasteiger partial charge < -0.3 is 14.6 Å². The molecule has 4 heteroatoms. The predicted molar refractivity (Wildman–Crippen MR) is 90.2 cm³/mol. The van der Waals surface area contributed by atoms with Gasteiger partial charge in [0, 0.05) is 48.2 Å². The molecule has 1 unspecified atom stereocenters. The van der Waals surface area contributed by atoms with Crippen LogP contribution in [0, 0.1) is 5.92 Å². The van der Waals surface area contributed by atoms with E-state index in [4.69, 9.17) is 4.74 Å². The molecular formula is C19H22N2O2. The average molecular weight is 310 g/mol. The van der Waals surface area contributed by atoms with Gasteiger partial charge in [-0.15, -0.1) is 0 Å². The summed E-state index contributed by atoms with van der Waals surface area (Å²) < 4.78 is 5.08. The van der Waals surface area contributed by atoms with Crippen LogP contribution in [0.25, 0.3) is 10.9 Å². The van der Waals surface area contributed by atoms with Gasteiger partial charge in [-0.25, -0.2) is 4.79 Å². The quantitative estimate of drug-likeness (QED) is 0.866. The topological polar surface area (TPSA) is 45.3 Å². The molecule has 120 valence electrons. The molecule has 2 aliphatic rings. The number of ether oxygens (including phenoxy) is 1. The molecule has 1 N–H and O–H groups in total. The molecule has 0 amide bonds. The van der Waals surface area contributed by atoms with Crippen molar-refractivity contribution in [2.24, 2.45) is 5.92 Å². The van der Waals surface area contributed by atoms with Crippen LogP contribution in [0.1, 0.15) is 30.5 Å². The van der Waals surface area contributed by atoms with E-state index in [-0.39, 0.29) is 11.9 Å². The Balaban J connectivity index is 1.98. The average Bonchev–Trinajstić information content (AvgIpc) is 2.94. The number of nitrogens with one attached hydrogen (secondary N) is 1. The van der Waals surface area contributed by atoms with Crippen molar-refractivity contribution in [3.8, 4) is 0 Å². The van der Waals surface area contributed by atoms with Gasteiger partial charge in [0.05, 0.1) is 12.7 Å². The highest BCUT2D eigenvalue weighted by molar-refractivity contribution is 5.94. The molecule has 23 heavy (non-hydrogen) atoms. The van der Waals surface area contributed by atoms with Crippen molar-refractivity contribution >= 4 is 16.9 Å². The van der Waals surface area contributed by atoms with Crippen molar-refractivity contribution in [3.05, 3.63) is 47.3 Å². The first-order valence-electron chi connectivity index (χ1n) is 8.27. The molecule has 0 spiro atoms. The van der Waals surface area contributed by atoms with Gasteiger partial charge in [0.15, 0.2) is 0 Å². The first-order chi connectivity index (χ1) is 11.2. The molecule has 2 heterocycles. The standard InChI is InChI=1S/C19H22N2O2/c1-4-11-16-9-15-18(12-7-5-6-8-14(12)20-15)17(11)13(10-21(16)2)19(22)23-3/h5-8,10-11,16-17,20H,4,9H2,1-3H3/t11?,16-,17+/m1/s1. The lowest BCUT2D eigenvalue weighted by Gasteiger charge is -2.46. The number of hydrogen-bond donors (Lipinski definition) is 1. The van der Waals surface area contributed by atoms with E-state index in [9.17, 15) is 4.79 Å². The molecule has 2 bridgehead atoms. The monoisotopic (exact) mass is 310 g/mol. The fourth-order valence-electron chi connectivity index (χ4n) is 4.57. The highest BCUT2D eigenvalue weighted by Crippen LogP contribution is 2.49. The largest absolute Gasteiger partial charge is 0.466 e. The second-order valence-electron chi connectivity index (χ2n) is 6.63. The summed E-state index contributed by atoms with van der Waals surface area (Å²) in [5.41, 5.74) is 4.51. The van der Waals surface area contributed by atoms with Crippen LogP contribution >= 0.6 is 0 Å². The zero-order valence-electron chi connectivity index (χ0n) is 13.8. The summed E-state index contributed by atoms with van der Waals surface area (Å²) in [7, 11) is 3.54. The zero-order valence-corrected chi connectivity index (χ0v) is 13.8. The van der Waals surface area contributed by atoms with E-state index >= 15 is 0 Å². The molecule has 0 saturated carbocycles.